The van der Waals surface area contributed by atoms with Gasteiger partial charge in [0.15, 0.2) is 5.78 Å². The number of carbonyl (C=O) groups is 2. The Labute approximate surface area is 173 Å². The molecule has 0 aliphatic carbocycles. The lowest BCUT2D eigenvalue weighted by Crippen LogP contribution is -2.43. The molecular formula is C19H23ClN6O3. The molecule has 2 aromatic rings. The monoisotopic (exact) mass is 418 g/mol. The number of rotatable bonds is 9. The number of hydrazone groups is 1. The minimum absolute atomic E-state index is 0.124. The van der Waals surface area contributed by atoms with E-state index in [0.717, 1.165) is 29.1 Å². The second kappa shape index (κ2) is 9.71. The number of ketones is 1. The van der Waals surface area contributed by atoms with Crippen LogP contribution in [-0.2, 0) is 16.0 Å². The van der Waals surface area contributed by atoms with Gasteiger partial charge in [0.25, 0.3) is 5.91 Å². The van der Waals surface area contributed by atoms with Gasteiger partial charge >= 0.3 is 0 Å². The van der Waals surface area contributed by atoms with E-state index in [1.54, 1.807) is 24.4 Å². The van der Waals surface area contributed by atoms with Gasteiger partial charge in [-0.2, -0.15) is 5.10 Å². The lowest BCUT2D eigenvalue weighted by molar-refractivity contribution is -0.146. The molecule has 0 unspecified atom stereocenters. The highest BCUT2D eigenvalue weighted by atomic mass is 35.5. The van der Waals surface area contributed by atoms with Crippen LogP contribution in [0.2, 0.25) is 5.02 Å². The standard InChI is InChI=1S/C19H23ClN6O3/c1-2-3-4-18(28)19(29)26-16(9-10-22-26)17(27)8-5-13-11-14(20)6-7-15(13)25-12-21-23-24-25/h6-7,10-12,16,18,28H,2-5,8-9H2,1H3/t16-,18+/m0/s1. The maximum Gasteiger partial charge on any atom is 0.272 e. The van der Waals surface area contributed by atoms with Crippen molar-refractivity contribution in [2.75, 3.05) is 0 Å². The second-order valence-electron chi connectivity index (χ2n) is 6.88. The smallest absolute Gasteiger partial charge is 0.272 e. The Balaban J connectivity index is 1.67. The summed E-state index contributed by atoms with van der Waals surface area (Å²) in [6, 6.07) is 4.60. The van der Waals surface area contributed by atoms with Crippen molar-refractivity contribution in [2.24, 2.45) is 5.10 Å². The molecule has 1 aromatic heterocycles. The summed E-state index contributed by atoms with van der Waals surface area (Å²) in [6.45, 7) is 1.98. The maximum absolute atomic E-state index is 12.8. The van der Waals surface area contributed by atoms with E-state index in [1.807, 2.05) is 6.92 Å². The Morgan fingerprint density at radius 1 is 1.38 bits per heavy atom. The van der Waals surface area contributed by atoms with E-state index >= 15 is 0 Å². The number of hydrogen-bond donors (Lipinski definition) is 1. The van der Waals surface area contributed by atoms with Crippen molar-refractivity contribution in [2.45, 2.75) is 57.6 Å². The zero-order valence-corrected chi connectivity index (χ0v) is 16.9. The first kappa shape index (κ1) is 21.1. The number of carbonyl (C=O) groups excluding carboxylic acids is 2. The molecular weight excluding hydrogens is 396 g/mol. The lowest BCUT2D eigenvalue weighted by atomic mass is 10.00. The largest absolute Gasteiger partial charge is 0.383 e. The third-order valence-electron chi connectivity index (χ3n) is 4.82. The van der Waals surface area contributed by atoms with Crippen LogP contribution in [0.3, 0.4) is 0 Å². The Morgan fingerprint density at radius 3 is 2.93 bits per heavy atom. The van der Waals surface area contributed by atoms with Gasteiger partial charge in [-0.05, 0) is 47.0 Å². The van der Waals surface area contributed by atoms with E-state index in [2.05, 4.69) is 20.6 Å². The minimum Gasteiger partial charge on any atom is -0.383 e. The van der Waals surface area contributed by atoms with E-state index in [-0.39, 0.29) is 12.2 Å². The van der Waals surface area contributed by atoms with E-state index in [4.69, 9.17) is 11.6 Å². The summed E-state index contributed by atoms with van der Waals surface area (Å²) >= 11 is 6.12. The fourth-order valence-electron chi connectivity index (χ4n) is 3.24. The van der Waals surface area contributed by atoms with Crippen molar-refractivity contribution in [1.29, 1.82) is 0 Å². The molecule has 0 fully saturated rings. The Morgan fingerprint density at radius 2 is 2.21 bits per heavy atom. The fraction of sp³-hybridized carbons (Fsp3) is 0.474. The number of tetrazole rings is 1. The van der Waals surface area contributed by atoms with Gasteiger partial charge in [-0.15, -0.1) is 5.10 Å². The van der Waals surface area contributed by atoms with Crippen molar-refractivity contribution in [3.63, 3.8) is 0 Å². The van der Waals surface area contributed by atoms with Crippen LogP contribution >= 0.6 is 11.6 Å². The highest BCUT2D eigenvalue weighted by Gasteiger charge is 2.35. The number of amides is 1. The Hall–Kier alpha value is -2.65. The summed E-state index contributed by atoms with van der Waals surface area (Å²) in [6.07, 6.45) is 4.79. The molecule has 1 aliphatic heterocycles. The molecule has 29 heavy (non-hydrogen) atoms. The number of aryl methyl sites for hydroxylation is 1. The highest BCUT2D eigenvalue weighted by molar-refractivity contribution is 6.30. The predicted molar refractivity (Wildman–Crippen MR) is 107 cm³/mol. The van der Waals surface area contributed by atoms with Crippen molar-refractivity contribution in [1.82, 2.24) is 25.2 Å². The van der Waals surface area contributed by atoms with Gasteiger partial charge in [0.2, 0.25) is 0 Å². The number of halogens is 1. The van der Waals surface area contributed by atoms with Crippen LogP contribution in [0.15, 0.2) is 29.6 Å². The molecule has 0 radical (unpaired) electrons. The normalized spacial score (nSPS) is 16.9. The van der Waals surface area contributed by atoms with Crippen molar-refractivity contribution in [3.05, 3.63) is 35.1 Å². The number of aliphatic hydroxyl groups excluding tert-OH is 1. The molecule has 1 aromatic carbocycles. The molecule has 154 valence electrons. The first-order valence-electron chi connectivity index (χ1n) is 9.59. The summed E-state index contributed by atoms with van der Waals surface area (Å²) in [7, 11) is 0. The molecule has 0 spiro atoms. The molecule has 1 amide bonds. The van der Waals surface area contributed by atoms with E-state index in [9.17, 15) is 14.7 Å². The van der Waals surface area contributed by atoms with Gasteiger partial charge < -0.3 is 5.11 Å². The first-order chi connectivity index (χ1) is 14.0. The molecule has 1 aliphatic rings. The van der Waals surface area contributed by atoms with E-state index < -0.39 is 18.1 Å². The summed E-state index contributed by atoms with van der Waals surface area (Å²) in [4.78, 5) is 25.3. The molecule has 9 nitrogen and oxygen atoms in total. The number of hydrogen-bond acceptors (Lipinski definition) is 7. The Bertz CT molecular complexity index is 886. The van der Waals surface area contributed by atoms with Crippen molar-refractivity contribution >= 4 is 29.5 Å². The highest BCUT2D eigenvalue weighted by Crippen LogP contribution is 2.22. The summed E-state index contributed by atoms with van der Waals surface area (Å²) < 4.78 is 1.51. The average molecular weight is 419 g/mol. The molecule has 2 heterocycles. The fourth-order valence-corrected chi connectivity index (χ4v) is 3.44. The maximum atomic E-state index is 12.8. The zero-order chi connectivity index (χ0) is 20.8. The molecule has 0 saturated carbocycles. The van der Waals surface area contributed by atoms with Crippen LogP contribution < -0.4 is 0 Å². The van der Waals surface area contributed by atoms with Crippen LogP contribution in [0, 0.1) is 0 Å². The minimum atomic E-state index is -1.14. The van der Waals surface area contributed by atoms with Gasteiger partial charge in [0.1, 0.15) is 18.5 Å². The predicted octanol–water partition coefficient (Wildman–Crippen LogP) is 1.96. The van der Waals surface area contributed by atoms with Gasteiger partial charge in [0.05, 0.1) is 5.69 Å². The van der Waals surface area contributed by atoms with Crippen LogP contribution in [0.5, 0.6) is 0 Å². The van der Waals surface area contributed by atoms with Gasteiger partial charge in [-0.3, -0.25) is 9.59 Å². The topological polar surface area (TPSA) is 114 Å². The number of nitrogens with zero attached hydrogens (tertiary/aromatic N) is 6. The van der Waals surface area contributed by atoms with Crippen LogP contribution in [-0.4, -0.2) is 60.4 Å². The van der Waals surface area contributed by atoms with Crippen molar-refractivity contribution < 1.29 is 14.7 Å². The van der Waals surface area contributed by atoms with Crippen LogP contribution in [0.25, 0.3) is 5.69 Å². The lowest BCUT2D eigenvalue weighted by Gasteiger charge is -2.23. The molecule has 1 N–H and O–H groups in total. The number of aliphatic hydroxyl groups is 1. The summed E-state index contributed by atoms with van der Waals surface area (Å²) in [5.74, 6) is -0.649. The molecule has 3 rings (SSSR count). The zero-order valence-electron chi connectivity index (χ0n) is 16.1. The first-order valence-corrected chi connectivity index (χ1v) is 9.97. The molecule has 0 saturated heterocycles. The molecule has 0 bridgehead atoms. The summed E-state index contributed by atoms with van der Waals surface area (Å²) in [5.41, 5.74) is 1.55. The van der Waals surface area contributed by atoms with Gasteiger partial charge in [-0.25, -0.2) is 9.69 Å². The quantitative estimate of drug-likeness (QED) is 0.665. The van der Waals surface area contributed by atoms with Crippen LogP contribution in [0.4, 0.5) is 0 Å². The number of benzene rings is 1. The summed E-state index contributed by atoms with van der Waals surface area (Å²) in [5, 5.41) is 26.9. The molecule has 10 heteroatoms. The third kappa shape index (κ3) is 5.04. The third-order valence-corrected chi connectivity index (χ3v) is 5.06. The number of unbranched alkanes of at least 4 members (excludes halogenated alkanes) is 1. The molecule has 2 atom stereocenters. The number of Topliss-reactive ketones (excluding diaryl/α,β-unsaturated/α-hetero) is 1. The van der Waals surface area contributed by atoms with E-state index in [0.29, 0.717) is 24.3 Å². The van der Waals surface area contributed by atoms with E-state index in [1.165, 1.54) is 11.0 Å². The Kier molecular flexibility index (Phi) is 7.05. The average Bonchev–Trinajstić information content (AvgIpc) is 3.41. The second-order valence-corrected chi connectivity index (χ2v) is 7.32. The van der Waals surface area contributed by atoms with Gasteiger partial charge in [-0.1, -0.05) is 31.4 Å². The SMILES string of the molecule is CCCC[C@@H](O)C(=O)N1N=CC[C@H]1C(=O)CCc1cc(Cl)ccc1-n1cnnn1. The van der Waals surface area contributed by atoms with Crippen molar-refractivity contribution in [3.8, 4) is 5.69 Å². The van der Waals surface area contributed by atoms with Crippen LogP contribution in [0.1, 0.15) is 44.6 Å². The van der Waals surface area contributed by atoms with Gasteiger partial charge in [0, 0.05) is 24.1 Å². The number of aromatic nitrogens is 4.